The number of aromatic nitrogens is 2. The van der Waals surface area contributed by atoms with E-state index in [-0.39, 0.29) is 0 Å². The Morgan fingerprint density at radius 3 is 2.86 bits per heavy atom. The van der Waals surface area contributed by atoms with Crippen molar-refractivity contribution in [2.45, 2.75) is 48.8 Å². The van der Waals surface area contributed by atoms with Gasteiger partial charge in [0, 0.05) is 15.5 Å². The largest absolute Gasteiger partial charge is 0.306 e. The van der Waals surface area contributed by atoms with Crippen molar-refractivity contribution < 1.29 is 0 Å². The van der Waals surface area contributed by atoms with Crippen LogP contribution >= 0.6 is 23.1 Å². The van der Waals surface area contributed by atoms with Gasteiger partial charge in [-0.3, -0.25) is 0 Å². The van der Waals surface area contributed by atoms with Crippen LogP contribution in [0, 0.1) is 0 Å². The van der Waals surface area contributed by atoms with Crippen LogP contribution in [0.2, 0.25) is 0 Å². The molecule has 0 aromatic carbocycles. The number of fused-ring (bicyclic) bond motifs is 3. The minimum atomic E-state index is 0.721. The molecule has 0 N–H and O–H groups in total. The predicted octanol–water partition coefficient (Wildman–Crippen LogP) is 3.76. The Bertz CT molecular complexity index is 644. The number of hydrogen-bond acceptors (Lipinski definition) is 5. The second-order valence-corrected chi connectivity index (χ2v) is 8.56. The molecule has 1 aliphatic heterocycles. The lowest BCUT2D eigenvalue weighted by atomic mass is 9.97. The molecule has 0 amide bonds. The van der Waals surface area contributed by atoms with Crippen molar-refractivity contribution in [2.24, 2.45) is 0 Å². The van der Waals surface area contributed by atoms with Crippen molar-refractivity contribution in [3.8, 4) is 0 Å². The van der Waals surface area contributed by atoms with E-state index in [1.165, 1.54) is 66.9 Å². The summed E-state index contributed by atoms with van der Waals surface area (Å²) in [5.74, 6) is 0. The van der Waals surface area contributed by atoms with Crippen molar-refractivity contribution in [3.63, 3.8) is 0 Å². The van der Waals surface area contributed by atoms with E-state index < -0.39 is 0 Å². The van der Waals surface area contributed by atoms with Gasteiger partial charge in [0.1, 0.15) is 16.2 Å². The average Bonchev–Trinajstić information content (AvgIpc) is 2.89. The Morgan fingerprint density at radius 1 is 1.19 bits per heavy atom. The second-order valence-electron chi connectivity index (χ2n) is 6.19. The Labute approximate surface area is 134 Å². The van der Waals surface area contributed by atoms with Crippen molar-refractivity contribution in [3.05, 3.63) is 16.8 Å². The van der Waals surface area contributed by atoms with Crippen LogP contribution in [0.1, 0.15) is 36.1 Å². The maximum Gasteiger partial charge on any atom is 0.128 e. The predicted molar refractivity (Wildman–Crippen MR) is 90.4 cm³/mol. The van der Waals surface area contributed by atoms with E-state index in [0.717, 1.165) is 5.25 Å². The molecule has 0 bridgehead atoms. The Kier molecular flexibility index (Phi) is 3.90. The topological polar surface area (TPSA) is 29.0 Å². The zero-order valence-corrected chi connectivity index (χ0v) is 14.1. The van der Waals surface area contributed by atoms with Gasteiger partial charge >= 0.3 is 0 Å². The van der Waals surface area contributed by atoms with Gasteiger partial charge in [0.25, 0.3) is 0 Å². The van der Waals surface area contributed by atoms with E-state index in [0.29, 0.717) is 0 Å². The number of nitrogens with zero attached hydrogens (tertiary/aromatic N) is 3. The first-order valence-corrected chi connectivity index (χ1v) is 9.61. The molecule has 5 heteroatoms. The molecule has 2 aliphatic rings. The molecule has 21 heavy (non-hydrogen) atoms. The zero-order chi connectivity index (χ0) is 14.2. The lowest BCUT2D eigenvalue weighted by Gasteiger charge is -2.28. The van der Waals surface area contributed by atoms with E-state index in [1.54, 1.807) is 16.8 Å². The Balaban J connectivity index is 1.66. The molecule has 4 rings (SSSR count). The van der Waals surface area contributed by atoms with Crippen LogP contribution in [0.3, 0.4) is 0 Å². The fraction of sp³-hybridized carbons (Fsp3) is 0.625. The fourth-order valence-electron chi connectivity index (χ4n) is 3.41. The smallest absolute Gasteiger partial charge is 0.128 e. The summed E-state index contributed by atoms with van der Waals surface area (Å²) in [6.45, 7) is 2.43. The minimum Gasteiger partial charge on any atom is -0.306 e. The zero-order valence-electron chi connectivity index (χ0n) is 12.5. The van der Waals surface area contributed by atoms with Crippen LogP contribution in [0.25, 0.3) is 10.2 Å². The SMILES string of the molecule is CN1CCC(Sc2ncnc3sc4c(c23)CCCC4)CC1. The van der Waals surface area contributed by atoms with Gasteiger partial charge in [0.05, 0.1) is 0 Å². The second kappa shape index (κ2) is 5.86. The molecule has 1 saturated heterocycles. The first-order chi connectivity index (χ1) is 10.3. The van der Waals surface area contributed by atoms with Crippen LogP contribution in [0.15, 0.2) is 11.4 Å². The molecule has 0 spiro atoms. The molecule has 3 nitrogen and oxygen atoms in total. The number of aryl methyl sites for hydroxylation is 2. The third-order valence-electron chi connectivity index (χ3n) is 4.66. The third-order valence-corrected chi connectivity index (χ3v) is 7.20. The van der Waals surface area contributed by atoms with Crippen molar-refractivity contribution >= 4 is 33.3 Å². The molecule has 0 saturated carbocycles. The van der Waals surface area contributed by atoms with Gasteiger partial charge in [-0.2, -0.15) is 0 Å². The molecule has 0 radical (unpaired) electrons. The first-order valence-electron chi connectivity index (χ1n) is 7.91. The normalized spacial score (nSPS) is 20.8. The highest BCUT2D eigenvalue weighted by molar-refractivity contribution is 8.00. The molecule has 1 aliphatic carbocycles. The number of rotatable bonds is 2. The maximum atomic E-state index is 4.65. The van der Waals surface area contributed by atoms with Gasteiger partial charge in [-0.15, -0.1) is 23.1 Å². The van der Waals surface area contributed by atoms with Crippen LogP contribution < -0.4 is 0 Å². The summed E-state index contributed by atoms with van der Waals surface area (Å²) in [5, 5.41) is 3.36. The highest BCUT2D eigenvalue weighted by Gasteiger charge is 2.23. The minimum absolute atomic E-state index is 0.721. The number of piperidine rings is 1. The van der Waals surface area contributed by atoms with Gasteiger partial charge < -0.3 is 4.90 Å². The summed E-state index contributed by atoms with van der Waals surface area (Å²) in [6, 6.07) is 0. The van der Waals surface area contributed by atoms with E-state index in [1.807, 2.05) is 23.1 Å². The van der Waals surface area contributed by atoms with Crippen LogP contribution in [0.5, 0.6) is 0 Å². The number of likely N-dealkylation sites (tertiary alicyclic amines) is 1. The molecule has 112 valence electrons. The third kappa shape index (κ3) is 2.71. The highest BCUT2D eigenvalue weighted by Crippen LogP contribution is 2.41. The van der Waals surface area contributed by atoms with Gasteiger partial charge in [0.15, 0.2) is 0 Å². The quantitative estimate of drug-likeness (QED) is 0.788. The van der Waals surface area contributed by atoms with Crippen LogP contribution in [-0.4, -0.2) is 40.3 Å². The molecule has 0 atom stereocenters. The van der Waals surface area contributed by atoms with Crippen LogP contribution in [-0.2, 0) is 12.8 Å². The van der Waals surface area contributed by atoms with Gasteiger partial charge in [-0.1, -0.05) is 0 Å². The maximum absolute atomic E-state index is 4.65. The summed E-state index contributed by atoms with van der Waals surface area (Å²) in [4.78, 5) is 14.4. The molecule has 0 unspecified atom stereocenters. The Morgan fingerprint density at radius 2 is 2.00 bits per heavy atom. The molecule has 3 heterocycles. The molecule has 2 aromatic heterocycles. The highest BCUT2D eigenvalue weighted by atomic mass is 32.2. The summed E-state index contributed by atoms with van der Waals surface area (Å²) in [6.07, 6.45) is 9.45. The van der Waals surface area contributed by atoms with E-state index >= 15 is 0 Å². The summed E-state index contributed by atoms with van der Waals surface area (Å²) < 4.78 is 0. The van der Waals surface area contributed by atoms with E-state index in [9.17, 15) is 0 Å². The van der Waals surface area contributed by atoms with Crippen molar-refractivity contribution in [1.29, 1.82) is 0 Å². The molecular formula is C16H21N3S2. The lowest BCUT2D eigenvalue weighted by Crippen LogP contribution is -2.31. The monoisotopic (exact) mass is 319 g/mol. The van der Waals surface area contributed by atoms with Gasteiger partial charge in [-0.25, -0.2) is 9.97 Å². The average molecular weight is 319 g/mol. The van der Waals surface area contributed by atoms with E-state index in [2.05, 4.69) is 21.9 Å². The van der Waals surface area contributed by atoms with Gasteiger partial charge in [-0.05, 0) is 64.2 Å². The number of hydrogen-bond donors (Lipinski definition) is 0. The number of thioether (sulfide) groups is 1. The molecule has 1 fully saturated rings. The lowest BCUT2D eigenvalue weighted by molar-refractivity contribution is 0.282. The van der Waals surface area contributed by atoms with E-state index in [4.69, 9.17) is 0 Å². The first kappa shape index (κ1) is 14.0. The summed E-state index contributed by atoms with van der Waals surface area (Å²) in [7, 11) is 2.22. The number of thiophene rings is 1. The molecule has 2 aromatic rings. The van der Waals surface area contributed by atoms with Gasteiger partial charge in [0.2, 0.25) is 0 Å². The molecular weight excluding hydrogens is 298 g/mol. The fourth-order valence-corrected chi connectivity index (χ4v) is 5.91. The summed E-state index contributed by atoms with van der Waals surface area (Å²) >= 11 is 3.91. The Hall–Kier alpha value is -0.650. The van der Waals surface area contributed by atoms with Crippen molar-refractivity contribution in [2.75, 3.05) is 20.1 Å². The van der Waals surface area contributed by atoms with Crippen molar-refractivity contribution in [1.82, 2.24) is 14.9 Å². The van der Waals surface area contributed by atoms with Crippen LogP contribution in [0.4, 0.5) is 0 Å². The standard InChI is InChI=1S/C16H21N3S2/c1-19-8-6-11(7-9-19)20-15-14-12-4-2-3-5-13(12)21-16(14)18-10-17-15/h10-11H,2-9H2,1H3. The summed E-state index contributed by atoms with van der Waals surface area (Å²) in [5.41, 5.74) is 1.57.